The van der Waals surface area contributed by atoms with Crippen LogP contribution in [0.3, 0.4) is 0 Å². The Morgan fingerprint density at radius 1 is 1.13 bits per heavy atom. The number of nitrogens with zero attached hydrogens (tertiary/aromatic N) is 4. The molecule has 0 radical (unpaired) electrons. The highest BCUT2D eigenvalue weighted by Crippen LogP contribution is 2.46. The molecule has 0 aromatic carbocycles. The summed E-state index contributed by atoms with van der Waals surface area (Å²) in [5, 5.41) is 5.81. The fraction of sp³-hybridized carbons (Fsp3) is 0.567. The van der Waals surface area contributed by atoms with Crippen molar-refractivity contribution < 1.29 is 9.53 Å². The van der Waals surface area contributed by atoms with E-state index in [4.69, 9.17) is 4.74 Å². The van der Waals surface area contributed by atoms with Crippen molar-refractivity contribution in [2.75, 3.05) is 19.7 Å². The van der Waals surface area contributed by atoms with Gasteiger partial charge in [0.05, 0.1) is 17.7 Å². The number of nitrogens with one attached hydrogen (secondary N) is 1. The van der Waals surface area contributed by atoms with Crippen molar-refractivity contribution in [3.8, 4) is 11.3 Å². The van der Waals surface area contributed by atoms with E-state index in [-0.39, 0.29) is 12.0 Å². The molecule has 38 heavy (non-hydrogen) atoms. The molecule has 4 aromatic rings. The number of H-pyrrole nitrogens is 1. The summed E-state index contributed by atoms with van der Waals surface area (Å²) in [5.41, 5.74) is 8.53. The van der Waals surface area contributed by atoms with Crippen LogP contribution in [0.1, 0.15) is 85.4 Å². The van der Waals surface area contributed by atoms with Crippen LogP contribution in [-0.4, -0.2) is 56.2 Å². The molecule has 0 aliphatic carbocycles. The quantitative estimate of drug-likeness (QED) is 0.325. The third-order valence-electron chi connectivity index (χ3n) is 9.04. The molecule has 2 saturated heterocycles. The molecule has 2 aliphatic heterocycles. The largest absolute Gasteiger partial charge is 0.378 e. The molecule has 1 N–H and O–H groups in total. The number of aromatic amines is 1. The van der Waals surface area contributed by atoms with Crippen molar-refractivity contribution in [3.63, 3.8) is 0 Å². The minimum absolute atomic E-state index is 0.0257. The molecule has 6 heterocycles. The highest BCUT2D eigenvalue weighted by Gasteiger charge is 2.35. The number of ether oxygens (including phenoxy) is 1. The lowest BCUT2D eigenvalue weighted by Crippen LogP contribution is -2.45. The van der Waals surface area contributed by atoms with Crippen LogP contribution in [0.25, 0.3) is 27.1 Å². The minimum atomic E-state index is 0.0257. The van der Waals surface area contributed by atoms with Crippen molar-refractivity contribution >= 4 is 33.1 Å². The summed E-state index contributed by atoms with van der Waals surface area (Å²) in [6.45, 7) is 15.7. The van der Waals surface area contributed by atoms with Crippen molar-refractivity contribution in [1.82, 2.24) is 24.5 Å². The van der Waals surface area contributed by atoms with Crippen LogP contribution in [0.5, 0.6) is 0 Å². The van der Waals surface area contributed by atoms with E-state index in [2.05, 4.69) is 67.7 Å². The van der Waals surface area contributed by atoms with Gasteiger partial charge in [-0.15, -0.1) is 11.3 Å². The average molecular weight is 534 g/mol. The van der Waals surface area contributed by atoms with Crippen molar-refractivity contribution in [2.45, 2.75) is 85.2 Å². The lowest BCUT2D eigenvalue weighted by Gasteiger charge is -2.37. The molecule has 2 aliphatic rings. The number of pyridine rings is 1. The van der Waals surface area contributed by atoms with Gasteiger partial charge in [-0.05, 0) is 87.5 Å². The zero-order chi connectivity index (χ0) is 26.7. The van der Waals surface area contributed by atoms with Gasteiger partial charge in [0, 0.05) is 41.7 Å². The van der Waals surface area contributed by atoms with Gasteiger partial charge in [0.1, 0.15) is 11.2 Å². The van der Waals surface area contributed by atoms with Gasteiger partial charge in [0.15, 0.2) is 5.65 Å². The predicted molar refractivity (Wildman–Crippen MR) is 153 cm³/mol. The van der Waals surface area contributed by atoms with Crippen molar-refractivity contribution in [3.05, 3.63) is 39.7 Å². The summed E-state index contributed by atoms with van der Waals surface area (Å²) in [4.78, 5) is 26.3. The normalized spacial score (nSPS) is 21.3. The number of thiophene rings is 1. The molecule has 6 rings (SSSR count). The van der Waals surface area contributed by atoms with E-state index in [0.29, 0.717) is 17.7 Å². The van der Waals surface area contributed by atoms with Gasteiger partial charge < -0.3 is 14.6 Å². The lowest BCUT2D eigenvalue weighted by atomic mass is 9.88. The fourth-order valence-electron chi connectivity index (χ4n) is 6.73. The van der Waals surface area contributed by atoms with Crippen LogP contribution in [0.15, 0.2) is 12.5 Å². The molecule has 4 aromatic heterocycles. The first kappa shape index (κ1) is 25.6. The number of carbonyl (C=O) groups is 1. The first-order valence-corrected chi connectivity index (χ1v) is 14.9. The highest BCUT2D eigenvalue weighted by molar-refractivity contribution is 7.19. The van der Waals surface area contributed by atoms with Crippen LogP contribution >= 0.6 is 11.3 Å². The molecule has 7 nitrogen and oxygen atoms in total. The van der Waals surface area contributed by atoms with Gasteiger partial charge in [-0.1, -0.05) is 13.8 Å². The van der Waals surface area contributed by atoms with Crippen LogP contribution < -0.4 is 0 Å². The number of rotatable bonds is 4. The second-order valence-electron chi connectivity index (χ2n) is 11.6. The van der Waals surface area contributed by atoms with E-state index < -0.39 is 0 Å². The summed E-state index contributed by atoms with van der Waals surface area (Å²) in [7, 11) is 0. The third kappa shape index (κ3) is 4.08. The molecular weight excluding hydrogens is 494 g/mol. The molecule has 0 bridgehead atoms. The second kappa shape index (κ2) is 9.79. The number of amides is 1. The Bertz CT molecular complexity index is 1500. The zero-order valence-electron chi connectivity index (χ0n) is 23.4. The second-order valence-corrected chi connectivity index (χ2v) is 12.7. The summed E-state index contributed by atoms with van der Waals surface area (Å²) in [6, 6.07) is 0. The van der Waals surface area contributed by atoms with Crippen molar-refractivity contribution in [1.29, 1.82) is 0 Å². The molecule has 0 spiro atoms. The Kier molecular flexibility index (Phi) is 6.59. The average Bonchev–Trinajstić information content (AvgIpc) is 3.61. The van der Waals surface area contributed by atoms with Crippen LogP contribution in [0.2, 0.25) is 0 Å². The van der Waals surface area contributed by atoms with E-state index in [0.717, 1.165) is 51.0 Å². The summed E-state index contributed by atoms with van der Waals surface area (Å²) in [6.07, 6.45) is 7.79. The standard InChI is InChI=1S/C30H39N5O2S/c1-16(2)24-25-19(5)27(21-9-11-34(12-10-21)30(36)22-8-7-13-37-20(22)6)38-29(25)33-26(24)23-14-35-28(31-15-32-35)18(4)17(23)3/h14-16,20-22,33H,7-13H2,1-6H3/t20-,22+/m0/s1. The van der Waals surface area contributed by atoms with E-state index >= 15 is 0 Å². The number of hydrogen-bond donors (Lipinski definition) is 1. The smallest absolute Gasteiger partial charge is 0.228 e. The van der Waals surface area contributed by atoms with Crippen LogP contribution in [0, 0.1) is 26.7 Å². The molecule has 2 atom stereocenters. The Hall–Kier alpha value is -2.71. The van der Waals surface area contributed by atoms with Gasteiger partial charge in [-0.25, -0.2) is 9.50 Å². The number of fused-ring (bicyclic) bond motifs is 2. The van der Waals surface area contributed by atoms with Gasteiger partial charge in [-0.2, -0.15) is 5.10 Å². The number of likely N-dealkylation sites (tertiary alicyclic amines) is 1. The van der Waals surface area contributed by atoms with Gasteiger partial charge in [-0.3, -0.25) is 4.79 Å². The Balaban J connectivity index is 1.30. The van der Waals surface area contributed by atoms with Gasteiger partial charge >= 0.3 is 0 Å². The fourth-order valence-corrected chi connectivity index (χ4v) is 8.12. The summed E-state index contributed by atoms with van der Waals surface area (Å²) in [5.74, 6) is 1.21. The third-order valence-corrected chi connectivity index (χ3v) is 10.4. The SMILES string of the molecule is Cc1c(-c2[nH]c3sc(C4CCN(C(=O)[C@@H]5CCCO[C@H]5C)CC4)c(C)c3c2C(C)C)cn2ncnc2c1C. The van der Waals surface area contributed by atoms with E-state index in [1.165, 1.54) is 48.6 Å². The predicted octanol–water partition coefficient (Wildman–Crippen LogP) is 6.51. The first-order chi connectivity index (χ1) is 18.3. The van der Waals surface area contributed by atoms with E-state index in [1.54, 1.807) is 6.33 Å². The maximum absolute atomic E-state index is 13.2. The van der Waals surface area contributed by atoms with E-state index in [1.807, 2.05) is 15.9 Å². The maximum atomic E-state index is 13.2. The Morgan fingerprint density at radius 3 is 2.61 bits per heavy atom. The summed E-state index contributed by atoms with van der Waals surface area (Å²) < 4.78 is 7.67. The number of aryl methyl sites for hydroxylation is 2. The summed E-state index contributed by atoms with van der Waals surface area (Å²) >= 11 is 1.92. The topological polar surface area (TPSA) is 75.5 Å². The Labute approximate surface area is 228 Å². The molecule has 1 amide bonds. The number of hydrogen-bond acceptors (Lipinski definition) is 5. The number of piperidine rings is 1. The molecule has 2 fully saturated rings. The molecule has 0 unspecified atom stereocenters. The molecule has 202 valence electrons. The number of aromatic nitrogens is 4. The molecule has 0 saturated carbocycles. The Morgan fingerprint density at radius 2 is 1.89 bits per heavy atom. The highest BCUT2D eigenvalue weighted by atomic mass is 32.1. The first-order valence-electron chi connectivity index (χ1n) is 14.1. The monoisotopic (exact) mass is 533 g/mol. The number of carbonyl (C=O) groups excluding carboxylic acids is 1. The van der Waals surface area contributed by atoms with Gasteiger partial charge in [0.25, 0.3) is 0 Å². The van der Waals surface area contributed by atoms with E-state index in [9.17, 15) is 4.79 Å². The molecule has 8 heteroatoms. The van der Waals surface area contributed by atoms with Gasteiger partial charge in [0.2, 0.25) is 5.91 Å². The lowest BCUT2D eigenvalue weighted by molar-refractivity contribution is -0.145. The minimum Gasteiger partial charge on any atom is -0.378 e. The maximum Gasteiger partial charge on any atom is 0.228 e. The van der Waals surface area contributed by atoms with Crippen molar-refractivity contribution in [2.24, 2.45) is 5.92 Å². The molecular formula is C30H39N5O2S. The zero-order valence-corrected chi connectivity index (χ0v) is 24.2. The van der Waals surface area contributed by atoms with Crippen LogP contribution in [0.4, 0.5) is 0 Å². The van der Waals surface area contributed by atoms with Crippen LogP contribution in [-0.2, 0) is 9.53 Å².